The summed E-state index contributed by atoms with van der Waals surface area (Å²) in [6.07, 6.45) is 0.126. The third-order valence-corrected chi connectivity index (χ3v) is 16.2. The Labute approximate surface area is 399 Å². The average Bonchev–Trinajstić information content (AvgIpc) is 3.84. The third-order valence-electron chi connectivity index (χ3n) is 14.7. The van der Waals surface area contributed by atoms with Crippen LogP contribution in [0.4, 0.5) is 0 Å². The number of fused-ring (bicyclic) bond motifs is 9. The summed E-state index contributed by atoms with van der Waals surface area (Å²) < 4.78 is 50.9. The number of piperazine rings is 1. The summed E-state index contributed by atoms with van der Waals surface area (Å²) >= 11 is 1.56. The molecule has 7 atom stereocenters. The van der Waals surface area contributed by atoms with Crippen LogP contribution in [0.25, 0.3) is 0 Å². The van der Waals surface area contributed by atoms with Crippen LogP contribution < -0.4 is 38.5 Å². The number of aliphatic hydroxyl groups is 1. The monoisotopic (exact) mass is 941 g/mol. The van der Waals surface area contributed by atoms with E-state index < -0.39 is 47.1 Å². The number of carbonyl (C=O) groups is 2. The number of likely N-dealkylation sites (N-methyl/N-ethyl adjacent to an activating group) is 1. The summed E-state index contributed by atoms with van der Waals surface area (Å²) in [6, 6.07) is 24.0. The molecule has 1 spiro atoms. The summed E-state index contributed by atoms with van der Waals surface area (Å²) in [4.78, 5) is 32.9. The maximum absolute atomic E-state index is 15.2. The second-order valence-corrected chi connectivity index (χ2v) is 19.6. The number of hydrogen-bond acceptors (Lipinski definition) is 15. The molecule has 2 fully saturated rings. The van der Waals surface area contributed by atoms with Gasteiger partial charge < -0.3 is 43.0 Å². The highest BCUT2D eigenvalue weighted by Crippen LogP contribution is 2.64. The molecule has 12 rings (SSSR count). The van der Waals surface area contributed by atoms with E-state index in [4.69, 9.17) is 37.9 Å². The van der Waals surface area contributed by atoms with E-state index in [1.807, 2.05) is 86.6 Å². The van der Waals surface area contributed by atoms with Gasteiger partial charge in [0.05, 0.1) is 37.6 Å². The standard InChI is InChI=1S/C53H55N3O11S/c1-28-19-34-20-36-51(58)56-37-25-64-52(59)53(35-22-38(60-5)39(21-33(35)17-18-54-53)62-23-31-13-9-7-10-14-31)26-68-50(42-41(37)49-47(65-27-66-49)29(2)46(42)67-30(3)57)44(56)43(55(36)4)40(34)48(45(28)61-6)63-24-32-15-11-8-12-16-32/h7-16,19,21-22,36-37,43-44,50-51,54,58H,17-18,20,23-27H2,1-6H3/t36-,37-,43-,44?,50-,51+,53-/m1/s1. The van der Waals surface area contributed by atoms with Gasteiger partial charge in [-0.2, -0.15) is 0 Å². The first-order valence-corrected chi connectivity index (χ1v) is 24.2. The molecule has 14 nitrogen and oxygen atoms in total. The fourth-order valence-electron chi connectivity index (χ4n) is 11.7. The van der Waals surface area contributed by atoms with Crippen LogP contribution in [-0.2, 0) is 45.9 Å². The van der Waals surface area contributed by atoms with Crippen LogP contribution in [0.2, 0.25) is 0 Å². The lowest BCUT2D eigenvalue weighted by Gasteiger charge is -2.62. The summed E-state index contributed by atoms with van der Waals surface area (Å²) in [5, 5.41) is 16.1. The van der Waals surface area contributed by atoms with Crippen molar-refractivity contribution in [3.05, 3.63) is 134 Å². The van der Waals surface area contributed by atoms with Crippen LogP contribution in [-0.4, -0.2) is 92.1 Å². The zero-order chi connectivity index (χ0) is 47.0. The molecule has 5 aromatic rings. The molecule has 0 aliphatic carbocycles. The van der Waals surface area contributed by atoms with Gasteiger partial charge in [0.1, 0.15) is 31.8 Å². The van der Waals surface area contributed by atoms with Crippen LogP contribution in [0, 0.1) is 13.8 Å². The minimum Gasteiger partial charge on any atom is -0.493 e. The summed E-state index contributed by atoms with van der Waals surface area (Å²) in [7, 11) is 5.33. The molecule has 68 heavy (non-hydrogen) atoms. The van der Waals surface area contributed by atoms with E-state index in [9.17, 15) is 9.90 Å². The first kappa shape index (κ1) is 44.5. The lowest BCUT2D eigenvalue weighted by Crippen LogP contribution is -2.70. The number of ether oxygens (including phenoxy) is 8. The Bertz CT molecular complexity index is 2810. The molecule has 4 bridgehead atoms. The maximum Gasteiger partial charge on any atom is 0.331 e. The zero-order valence-corrected chi connectivity index (χ0v) is 39.8. The normalized spacial score (nSPS) is 25.6. The van der Waals surface area contributed by atoms with Gasteiger partial charge >= 0.3 is 11.9 Å². The second-order valence-electron chi connectivity index (χ2n) is 18.4. The molecular formula is C53H55N3O11S. The van der Waals surface area contributed by atoms with Crippen LogP contribution in [0.1, 0.15) is 79.9 Å². The molecule has 2 N–H and O–H groups in total. The number of nitrogens with zero attached hydrogens (tertiary/aromatic N) is 2. The highest BCUT2D eigenvalue weighted by molar-refractivity contribution is 7.99. The number of carbonyl (C=O) groups excluding carboxylic acids is 2. The molecule has 15 heteroatoms. The Morgan fingerprint density at radius 2 is 1.57 bits per heavy atom. The Morgan fingerprint density at radius 1 is 0.853 bits per heavy atom. The van der Waals surface area contributed by atoms with Gasteiger partial charge in [-0.3, -0.25) is 19.9 Å². The first-order chi connectivity index (χ1) is 33.0. The van der Waals surface area contributed by atoms with Crippen molar-refractivity contribution < 1.29 is 52.6 Å². The van der Waals surface area contributed by atoms with Gasteiger partial charge in [-0.1, -0.05) is 66.7 Å². The average molecular weight is 942 g/mol. The van der Waals surface area contributed by atoms with E-state index in [0.29, 0.717) is 84.0 Å². The van der Waals surface area contributed by atoms with Crippen molar-refractivity contribution in [2.75, 3.05) is 47.0 Å². The molecule has 5 aromatic carbocycles. The topological polar surface area (TPSA) is 147 Å². The quantitative estimate of drug-likeness (QED) is 0.114. The highest BCUT2D eigenvalue weighted by atomic mass is 32.2. The molecule has 0 amide bonds. The summed E-state index contributed by atoms with van der Waals surface area (Å²) in [6.45, 7) is 6.23. The molecular weight excluding hydrogens is 887 g/mol. The van der Waals surface area contributed by atoms with E-state index in [2.05, 4.69) is 28.2 Å². The molecule has 7 aliphatic rings. The molecule has 354 valence electrons. The van der Waals surface area contributed by atoms with Crippen molar-refractivity contribution in [3.63, 3.8) is 0 Å². The number of benzene rings is 5. The smallest absolute Gasteiger partial charge is 0.331 e. The SMILES string of the molecule is COc1cc2c(cc1OCc1ccccc1)CCN[C@]21CS[C@@H]2c3c(OC(C)=O)c(C)c4c(c3[C@@H](COC1=O)N1C2[C@H]2c3c(cc(C)c(OC)c3OCc3ccccc3)C[C@H]([C@@H]1O)N2C)OCO4. The molecule has 7 heterocycles. The van der Waals surface area contributed by atoms with Gasteiger partial charge in [-0.05, 0) is 79.3 Å². The van der Waals surface area contributed by atoms with Crippen molar-refractivity contribution in [2.45, 2.75) is 88.0 Å². The number of aryl methyl sites for hydroxylation is 1. The highest BCUT2D eigenvalue weighted by Gasteiger charge is 2.61. The van der Waals surface area contributed by atoms with Gasteiger partial charge in [0.25, 0.3) is 0 Å². The van der Waals surface area contributed by atoms with E-state index in [0.717, 1.165) is 44.5 Å². The number of esters is 2. The maximum atomic E-state index is 15.2. The lowest BCUT2D eigenvalue weighted by atomic mass is 9.73. The van der Waals surface area contributed by atoms with Crippen LogP contribution in [0.15, 0.2) is 78.9 Å². The van der Waals surface area contributed by atoms with Gasteiger partial charge in [0.2, 0.25) is 6.79 Å². The minimum atomic E-state index is -1.34. The van der Waals surface area contributed by atoms with Crippen molar-refractivity contribution in [3.8, 4) is 40.2 Å². The van der Waals surface area contributed by atoms with Crippen molar-refractivity contribution in [2.24, 2.45) is 0 Å². The van der Waals surface area contributed by atoms with E-state index in [1.54, 1.807) is 26.0 Å². The van der Waals surface area contributed by atoms with Crippen molar-refractivity contribution in [1.82, 2.24) is 15.1 Å². The van der Waals surface area contributed by atoms with Crippen LogP contribution in [0.5, 0.6) is 40.2 Å². The molecule has 7 aliphatic heterocycles. The zero-order valence-electron chi connectivity index (χ0n) is 39.0. The third kappa shape index (κ3) is 7.07. The fraction of sp³-hybridized carbons (Fsp3) is 0.396. The van der Waals surface area contributed by atoms with E-state index in [-0.39, 0.29) is 25.2 Å². The Hall–Kier alpha value is -5.97. The summed E-state index contributed by atoms with van der Waals surface area (Å²) in [5.41, 5.74) is 7.33. The fourth-order valence-corrected chi connectivity index (χ4v) is 13.4. The molecule has 2 saturated heterocycles. The number of thioether (sulfide) groups is 1. The Kier molecular flexibility index (Phi) is 11.5. The number of hydrogen-bond donors (Lipinski definition) is 2. The molecule has 0 radical (unpaired) electrons. The predicted molar refractivity (Wildman–Crippen MR) is 253 cm³/mol. The van der Waals surface area contributed by atoms with Gasteiger partial charge in [-0.25, -0.2) is 4.79 Å². The van der Waals surface area contributed by atoms with Crippen molar-refractivity contribution >= 4 is 23.7 Å². The minimum absolute atomic E-state index is 0.0479. The number of rotatable bonds is 9. The van der Waals surface area contributed by atoms with Gasteiger partial charge in [0.15, 0.2) is 40.0 Å². The number of nitrogens with one attached hydrogen (secondary N) is 1. The molecule has 0 saturated carbocycles. The molecule has 0 aromatic heterocycles. The van der Waals surface area contributed by atoms with Crippen molar-refractivity contribution in [1.29, 1.82) is 0 Å². The largest absolute Gasteiger partial charge is 0.493 e. The Morgan fingerprint density at radius 3 is 2.28 bits per heavy atom. The number of aliphatic hydroxyl groups excluding tert-OH is 1. The van der Waals surface area contributed by atoms with E-state index >= 15 is 4.79 Å². The second kappa shape index (κ2) is 17.5. The van der Waals surface area contributed by atoms with Crippen LogP contribution in [0.3, 0.4) is 0 Å². The molecule has 1 unspecified atom stereocenters. The van der Waals surface area contributed by atoms with Crippen LogP contribution >= 0.6 is 11.8 Å². The number of methoxy groups -OCH3 is 2. The summed E-state index contributed by atoms with van der Waals surface area (Å²) in [5.74, 6) is 2.91. The lowest BCUT2D eigenvalue weighted by molar-refractivity contribution is -0.186. The predicted octanol–water partition coefficient (Wildman–Crippen LogP) is 7.16. The Balaban J connectivity index is 1.10. The van der Waals surface area contributed by atoms with Gasteiger partial charge in [-0.15, -0.1) is 11.8 Å². The first-order valence-electron chi connectivity index (χ1n) is 23.1. The van der Waals surface area contributed by atoms with E-state index in [1.165, 1.54) is 6.92 Å². The van der Waals surface area contributed by atoms with Gasteiger partial charge in [0, 0.05) is 47.5 Å².